The van der Waals surface area contributed by atoms with E-state index in [1.165, 1.54) is 0 Å². The molecule has 2 aromatic carbocycles. The standard InChI is InChI=1S/C44H70N8O8/c1-31(2)26-36(51-40(55)37(28-33-16-10-7-11-17-33)50-38(53)34(45)27-32-14-8-6-9-15-32)39(54)49-35(41(56)52-24-20-44(46,21-25-52)42(57)58)18-12-13-22-47-23-19-43(3,4)60-30-48-29-59-5/h6-11,14-17,31,34-37,47-48H,12-13,18-30,45-46H2,1-5H3,(H,49,54)(H,50,53)(H,51,55)(H,57,58)/t34-,35-,36-,37-/m1/s1. The van der Waals surface area contributed by atoms with Gasteiger partial charge < -0.3 is 52.2 Å². The van der Waals surface area contributed by atoms with Crippen LogP contribution < -0.4 is 38.1 Å². The van der Waals surface area contributed by atoms with Crippen LogP contribution in [0.4, 0.5) is 0 Å². The molecule has 0 spiro atoms. The van der Waals surface area contributed by atoms with Gasteiger partial charge in [0.15, 0.2) is 0 Å². The number of benzene rings is 2. The number of amides is 4. The topological polar surface area (TPSA) is 239 Å². The van der Waals surface area contributed by atoms with E-state index in [9.17, 15) is 29.1 Å². The number of carbonyl (C=O) groups is 5. The Morgan fingerprint density at radius 3 is 1.93 bits per heavy atom. The molecule has 1 aliphatic rings. The summed E-state index contributed by atoms with van der Waals surface area (Å²) in [6.07, 6.45) is 3.28. The monoisotopic (exact) mass is 839 g/mol. The minimum absolute atomic E-state index is 0.0180. The molecule has 1 fully saturated rings. The highest BCUT2D eigenvalue weighted by atomic mass is 16.5. The molecular weight excluding hydrogens is 769 g/mol. The molecule has 4 amide bonds. The normalized spacial score (nSPS) is 16.0. The maximum absolute atomic E-state index is 14.2. The van der Waals surface area contributed by atoms with E-state index >= 15 is 0 Å². The van der Waals surface area contributed by atoms with E-state index in [2.05, 4.69) is 26.6 Å². The molecule has 3 rings (SSSR count). The van der Waals surface area contributed by atoms with Gasteiger partial charge in [-0.2, -0.15) is 0 Å². The summed E-state index contributed by atoms with van der Waals surface area (Å²) in [7, 11) is 1.61. The van der Waals surface area contributed by atoms with Crippen LogP contribution in [0.3, 0.4) is 0 Å². The van der Waals surface area contributed by atoms with Crippen LogP contribution in [0.5, 0.6) is 0 Å². The molecule has 0 aromatic heterocycles. The Bertz CT molecular complexity index is 1620. The highest BCUT2D eigenvalue weighted by Gasteiger charge is 2.40. The molecule has 0 bridgehead atoms. The van der Waals surface area contributed by atoms with Crippen molar-refractivity contribution in [2.45, 2.75) is 121 Å². The minimum Gasteiger partial charge on any atom is -0.480 e. The molecule has 0 radical (unpaired) electrons. The number of nitrogens with two attached hydrogens (primary N) is 2. The van der Waals surface area contributed by atoms with Gasteiger partial charge in [-0.3, -0.25) is 29.3 Å². The molecule has 16 heteroatoms. The Morgan fingerprint density at radius 1 is 0.783 bits per heavy atom. The third-order valence-electron chi connectivity index (χ3n) is 10.7. The molecule has 2 aromatic rings. The van der Waals surface area contributed by atoms with Crippen molar-refractivity contribution in [2.75, 3.05) is 46.8 Å². The van der Waals surface area contributed by atoms with Gasteiger partial charge in [-0.1, -0.05) is 74.5 Å². The number of aliphatic carboxylic acids is 1. The lowest BCUT2D eigenvalue weighted by molar-refractivity contribution is -0.148. The molecular formula is C44H70N8O8. The number of unbranched alkanes of at least 4 members (excludes halogenated alkanes) is 1. The predicted molar refractivity (Wildman–Crippen MR) is 230 cm³/mol. The molecule has 1 saturated heterocycles. The Morgan fingerprint density at radius 2 is 1.35 bits per heavy atom. The minimum atomic E-state index is -1.43. The smallest absolute Gasteiger partial charge is 0.323 e. The van der Waals surface area contributed by atoms with E-state index < -0.39 is 53.4 Å². The van der Waals surface area contributed by atoms with Crippen LogP contribution in [0.2, 0.25) is 0 Å². The van der Waals surface area contributed by atoms with E-state index in [0.717, 1.165) is 30.5 Å². The van der Waals surface area contributed by atoms with Gasteiger partial charge in [0.2, 0.25) is 23.6 Å². The Balaban J connectivity index is 1.71. The number of nitrogens with zero attached hydrogens (tertiary/aromatic N) is 1. The molecule has 1 heterocycles. The molecule has 1 aliphatic heterocycles. The second-order valence-electron chi connectivity index (χ2n) is 16.8. The number of hydrogen-bond donors (Lipinski definition) is 8. The summed E-state index contributed by atoms with van der Waals surface area (Å²) in [6.45, 7) is 10.3. The maximum atomic E-state index is 14.2. The first kappa shape index (κ1) is 49.9. The number of carboxylic acid groups (broad SMARTS) is 1. The molecule has 60 heavy (non-hydrogen) atoms. The third kappa shape index (κ3) is 17.6. The second kappa shape index (κ2) is 25.4. The van der Waals surface area contributed by atoms with Crippen LogP contribution in [-0.2, 0) is 46.3 Å². The zero-order chi connectivity index (χ0) is 44.1. The Labute approximate surface area is 355 Å². The van der Waals surface area contributed by atoms with E-state index in [-0.39, 0.29) is 62.6 Å². The second-order valence-corrected chi connectivity index (χ2v) is 16.8. The Kier molecular flexibility index (Phi) is 21.1. The van der Waals surface area contributed by atoms with Gasteiger partial charge in [-0.15, -0.1) is 0 Å². The van der Waals surface area contributed by atoms with Crippen molar-refractivity contribution in [3.8, 4) is 0 Å². The zero-order valence-corrected chi connectivity index (χ0v) is 36.2. The van der Waals surface area contributed by atoms with Crippen LogP contribution >= 0.6 is 0 Å². The number of likely N-dealkylation sites (tertiary alicyclic amines) is 1. The first-order valence-electron chi connectivity index (χ1n) is 21.1. The third-order valence-corrected chi connectivity index (χ3v) is 10.7. The van der Waals surface area contributed by atoms with Crippen LogP contribution in [0.25, 0.3) is 0 Å². The number of carbonyl (C=O) groups excluding carboxylic acids is 4. The Hall–Kier alpha value is -4.45. The maximum Gasteiger partial charge on any atom is 0.323 e. The van der Waals surface area contributed by atoms with Crippen molar-refractivity contribution in [2.24, 2.45) is 17.4 Å². The van der Waals surface area contributed by atoms with Crippen LogP contribution in [-0.4, -0.2) is 122 Å². The molecule has 334 valence electrons. The van der Waals surface area contributed by atoms with E-state index in [1.807, 2.05) is 88.4 Å². The summed E-state index contributed by atoms with van der Waals surface area (Å²) in [6, 6.07) is 14.7. The van der Waals surface area contributed by atoms with Crippen molar-refractivity contribution < 1.29 is 38.6 Å². The number of hydrogen-bond acceptors (Lipinski definition) is 11. The van der Waals surface area contributed by atoms with E-state index in [0.29, 0.717) is 32.8 Å². The van der Waals surface area contributed by atoms with Crippen LogP contribution in [0.1, 0.15) is 83.8 Å². The van der Waals surface area contributed by atoms with E-state index in [4.69, 9.17) is 20.9 Å². The SMILES string of the molecule is COCNCOC(C)(C)CCNCCCC[C@@H](NC(=O)[C@@H](CC(C)C)NC(=O)[C@@H](Cc1ccccc1)NC(=O)[C@H](N)Cc1ccccc1)C(=O)N1CCC(N)(C(=O)O)CC1. The quantitative estimate of drug-likeness (QED) is 0.0475. The molecule has 0 saturated carbocycles. The number of carboxylic acids is 1. The molecule has 16 nitrogen and oxygen atoms in total. The highest BCUT2D eigenvalue weighted by molar-refractivity contribution is 5.95. The van der Waals surface area contributed by atoms with Crippen LogP contribution in [0, 0.1) is 5.92 Å². The number of ether oxygens (including phenoxy) is 2. The number of nitrogens with one attached hydrogen (secondary N) is 5. The van der Waals surface area contributed by atoms with Gasteiger partial charge in [-0.05, 0) is 95.3 Å². The molecule has 4 atom stereocenters. The zero-order valence-electron chi connectivity index (χ0n) is 36.2. The first-order chi connectivity index (χ1) is 28.5. The summed E-state index contributed by atoms with van der Waals surface area (Å²) in [5.74, 6) is -3.05. The summed E-state index contributed by atoms with van der Waals surface area (Å²) in [5.41, 5.74) is 12.3. The van der Waals surface area contributed by atoms with Crippen molar-refractivity contribution in [1.29, 1.82) is 0 Å². The van der Waals surface area contributed by atoms with Gasteiger partial charge in [0, 0.05) is 26.6 Å². The lowest BCUT2D eigenvalue weighted by Crippen LogP contribution is -2.60. The lowest BCUT2D eigenvalue weighted by atomic mass is 9.88. The fourth-order valence-corrected chi connectivity index (χ4v) is 6.94. The largest absolute Gasteiger partial charge is 0.480 e. The number of rotatable bonds is 27. The lowest BCUT2D eigenvalue weighted by Gasteiger charge is -2.38. The number of piperidine rings is 1. The fraction of sp³-hybridized carbons (Fsp3) is 0.614. The van der Waals surface area contributed by atoms with Crippen molar-refractivity contribution in [3.05, 3.63) is 71.8 Å². The van der Waals surface area contributed by atoms with Crippen molar-refractivity contribution >= 4 is 29.6 Å². The molecule has 10 N–H and O–H groups in total. The van der Waals surface area contributed by atoms with Crippen molar-refractivity contribution in [3.63, 3.8) is 0 Å². The summed E-state index contributed by atoms with van der Waals surface area (Å²) >= 11 is 0. The van der Waals surface area contributed by atoms with Gasteiger partial charge in [0.05, 0.1) is 25.1 Å². The van der Waals surface area contributed by atoms with E-state index in [1.54, 1.807) is 12.0 Å². The van der Waals surface area contributed by atoms with Gasteiger partial charge >= 0.3 is 5.97 Å². The highest BCUT2D eigenvalue weighted by Crippen LogP contribution is 2.22. The van der Waals surface area contributed by atoms with Gasteiger partial charge in [-0.25, -0.2) is 0 Å². The summed E-state index contributed by atoms with van der Waals surface area (Å²) in [5, 5.41) is 24.8. The van der Waals surface area contributed by atoms with Gasteiger partial charge in [0.25, 0.3) is 0 Å². The van der Waals surface area contributed by atoms with Gasteiger partial charge in [0.1, 0.15) is 23.7 Å². The fourth-order valence-electron chi connectivity index (χ4n) is 6.94. The summed E-state index contributed by atoms with van der Waals surface area (Å²) < 4.78 is 10.9. The molecule has 0 unspecified atom stereocenters. The average molecular weight is 839 g/mol. The number of methoxy groups -OCH3 is 1. The van der Waals surface area contributed by atoms with Crippen LogP contribution in [0.15, 0.2) is 60.7 Å². The average Bonchev–Trinajstić information content (AvgIpc) is 3.21. The summed E-state index contributed by atoms with van der Waals surface area (Å²) in [4.78, 5) is 69.0. The molecule has 0 aliphatic carbocycles. The predicted octanol–water partition coefficient (Wildman–Crippen LogP) is 1.80. The van der Waals surface area contributed by atoms with Crippen molar-refractivity contribution in [1.82, 2.24) is 31.5 Å². The first-order valence-corrected chi connectivity index (χ1v) is 21.1.